The third-order valence-electron chi connectivity index (χ3n) is 3.84. The van der Waals surface area contributed by atoms with Gasteiger partial charge in [-0.1, -0.05) is 17.3 Å². The van der Waals surface area contributed by atoms with Crippen LogP contribution in [0, 0.1) is 0 Å². The summed E-state index contributed by atoms with van der Waals surface area (Å²) in [5, 5.41) is 6.68. The van der Waals surface area contributed by atoms with Crippen LogP contribution < -0.4 is 15.8 Å². The van der Waals surface area contributed by atoms with E-state index in [0.717, 1.165) is 0 Å². The van der Waals surface area contributed by atoms with Gasteiger partial charge in [-0.25, -0.2) is 0 Å². The highest BCUT2D eigenvalue weighted by molar-refractivity contribution is 5.94. The van der Waals surface area contributed by atoms with Crippen LogP contribution in [0.25, 0.3) is 11.4 Å². The molecule has 3 N–H and O–H groups in total. The van der Waals surface area contributed by atoms with E-state index in [9.17, 15) is 9.59 Å². The van der Waals surface area contributed by atoms with Crippen molar-refractivity contribution in [2.24, 2.45) is 5.73 Å². The summed E-state index contributed by atoms with van der Waals surface area (Å²) in [6, 6.07) is 13.7. The van der Waals surface area contributed by atoms with Gasteiger partial charge in [0.1, 0.15) is 5.75 Å². The Bertz CT molecular complexity index is 950. The van der Waals surface area contributed by atoms with Crippen LogP contribution in [0.3, 0.4) is 0 Å². The average molecular weight is 366 g/mol. The summed E-state index contributed by atoms with van der Waals surface area (Å²) in [5.41, 5.74) is 6.85. The van der Waals surface area contributed by atoms with E-state index in [2.05, 4.69) is 15.5 Å². The molecule has 0 aliphatic rings. The van der Waals surface area contributed by atoms with Gasteiger partial charge in [-0.2, -0.15) is 4.98 Å². The van der Waals surface area contributed by atoms with Gasteiger partial charge in [0.25, 0.3) is 0 Å². The van der Waals surface area contributed by atoms with Crippen molar-refractivity contribution in [3.05, 3.63) is 60.0 Å². The highest BCUT2D eigenvalue weighted by Gasteiger charge is 2.14. The fourth-order valence-electron chi connectivity index (χ4n) is 2.46. The van der Waals surface area contributed by atoms with E-state index in [1.165, 1.54) is 0 Å². The number of amides is 2. The molecule has 8 heteroatoms. The molecule has 0 spiro atoms. The standard InChI is InChI=1S/C19H18N4O4/c1-26-15-5-3-2-4-14(15)19-22-17(27-23-19)11-10-16(24)21-13-8-6-12(7-9-13)18(20)25/h2-9H,10-11H2,1H3,(H2,20,25)(H,21,24). The van der Waals surface area contributed by atoms with Crippen molar-refractivity contribution in [1.82, 2.24) is 10.1 Å². The minimum atomic E-state index is -0.518. The van der Waals surface area contributed by atoms with Crippen LogP contribution in [0.5, 0.6) is 5.75 Å². The molecule has 1 heterocycles. The molecule has 0 radical (unpaired) electrons. The summed E-state index contributed by atoms with van der Waals surface area (Å²) in [6.45, 7) is 0. The molecule has 0 saturated carbocycles. The largest absolute Gasteiger partial charge is 0.496 e. The number of ether oxygens (including phenoxy) is 1. The van der Waals surface area contributed by atoms with Crippen molar-refractivity contribution in [1.29, 1.82) is 0 Å². The summed E-state index contributed by atoms with van der Waals surface area (Å²) >= 11 is 0. The molecule has 0 fully saturated rings. The number of methoxy groups -OCH3 is 1. The second kappa shape index (κ2) is 8.13. The number of para-hydroxylation sites is 1. The van der Waals surface area contributed by atoms with Crippen LogP contribution >= 0.6 is 0 Å². The minimum Gasteiger partial charge on any atom is -0.496 e. The van der Waals surface area contributed by atoms with Crippen LogP contribution in [-0.2, 0) is 11.2 Å². The summed E-state index contributed by atoms with van der Waals surface area (Å²) in [4.78, 5) is 27.4. The zero-order chi connectivity index (χ0) is 19.2. The summed E-state index contributed by atoms with van der Waals surface area (Å²) in [6.07, 6.45) is 0.471. The first-order valence-electron chi connectivity index (χ1n) is 8.22. The van der Waals surface area contributed by atoms with Gasteiger partial charge in [0.2, 0.25) is 23.5 Å². The number of nitrogens with one attached hydrogen (secondary N) is 1. The molecule has 0 atom stereocenters. The molecule has 0 unspecified atom stereocenters. The highest BCUT2D eigenvalue weighted by Crippen LogP contribution is 2.27. The number of nitrogens with zero attached hydrogens (tertiary/aromatic N) is 2. The Labute approximate surface area is 155 Å². The van der Waals surface area contributed by atoms with Crippen molar-refractivity contribution >= 4 is 17.5 Å². The maximum atomic E-state index is 12.1. The Kier molecular flexibility index (Phi) is 5.46. The lowest BCUT2D eigenvalue weighted by Crippen LogP contribution is -2.13. The third kappa shape index (κ3) is 4.49. The summed E-state index contributed by atoms with van der Waals surface area (Å²) in [7, 11) is 1.57. The van der Waals surface area contributed by atoms with Gasteiger partial charge in [-0.05, 0) is 36.4 Å². The fraction of sp³-hybridized carbons (Fsp3) is 0.158. The van der Waals surface area contributed by atoms with E-state index >= 15 is 0 Å². The lowest BCUT2D eigenvalue weighted by molar-refractivity contribution is -0.116. The topological polar surface area (TPSA) is 120 Å². The van der Waals surface area contributed by atoms with Crippen molar-refractivity contribution in [2.45, 2.75) is 12.8 Å². The van der Waals surface area contributed by atoms with E-state index < -0.39 is 5.91 Å². The molecule has 2 aromatic carbocycles. The molecule has 0 aliphatic heterocycles. The Balaban J connectivity index is 1.58. The van der Waals surface area contributed by atoms with Crippen LogP contribution in [0.4, 0.5) is 5.69 Å². The van der Waals surface area contributed by atoms with E-state index in [0.29, 0.717) is 40.7 Å². The summed E-state index contributed by atoms with van der Waals surface area (Å²) in [5.74, 6) is 0.677. The quantitative estimate of drug-likeness (QED) is 0.662. The van der Waals surface area contributed by atoms with E-state index in [-0.39, 0.29) is 12.3 Å². The minimum absolute atomic E-state index is 0.172. The molecule has 8 nitrogen and oxygen atoms in total. The van der Waals surface area contributed by atoms with Crippen molar-refractivity contribution in [2.75, 3.05) is 12.4 Å². The Morgan fingerprint density at radius 1 is 1.15 bits per heavy atom. The molecule has 27 heavy (non-hydrogen) atoms. The zero-order valence-corrected chi connectivity index (χ0v) is 14.6. The fourth-order valence-corrected chi connectivity index (χ4v) is 2.46. The monoisotopic (exact) mass is 366 g/mol. The number of primary amides is 1. The van der Waals surface area contributed by atoms with E-state index in [1.807, 2.05) is 24.3 Å². The molecule has 3 rings (SSSR count). The van der Waals surface area contributed by atoms with Crippen molar-refractivity contribution in [3.63, 3.8) is 0 Å². The number of hydrogen-bond donors (Lipinski definition) is 2. The van der Waals surface area contributed by atoms with Crippen molar-refractivity contribution in [3.8, 4) is 17.1 Å². The molecule has 3 aromatic rings. The number of nitrogens with two attached hydrogens (primary N) is 1. The van der Waals surface area contributed by atoms with Gasteiger partial charge in [-0.15, -0.1) is 0 Å². The van der Waals surface area contributed by atoms with Gasteiger partial charge in [0, 0.05) is 24.1 Å². The summed E-state index contributed by atoms with van der Waals surface area (Å²) < 4.78 is 10.5. The normalized spacial score (nSPS) is 10.4. The maximum absolute atomic E-state index is 12.1. The number of hydrogen-bond acceptors (Lipinski definition) is 6. The van der Waals surface area contributed by atoms with Gasteiger partial charge in [0.05, 0.1) is 12.7 Å². The molecule has 0 aliphatic carbocycles. The second-order valence-corrected chi connectivity index (χ2v) is 5.70. The van der Waals surface area contributed by atoms with Gasteiger partial charge in [-0.3, -0.25) is 9.59 Å². The first-order valence-corrected chi connectivity index (χ1v) is 8.22. The van der Waals surface area contributed by atoms with Gasteiger partial charge in [0.15, 0.2) is 0 Å². The smallest absolute Gasteiger partial charge is 0.248 e. The Hall–Kier alpha value is -3.68. The molecule has 2 amide bonds. The van der Waals surface area contributed by atoms with Crippen LogP contribution in [0.15, 0.2) is 53.1 Å². The SMILES string of the molecule is COc1ccccc1-c1noc(CCC(=O)Nc2ccc(C(N)=O)cc2)n1. The predicted octanol–water partition coefficient (Wildman–Crippen LogP) is 2.42. The van der Waals surface area contributed by atoms with Crippen LogP contribution in [0.2, 0.25) is 0 Å². The highest BCUT2D eigenvalue weighted by atomic mass is 16.5. The number of aryl methyl sites for hydroxylation is 1. The number of aromatic nitrogens is 2. The lowest BCUT2D eigenvalue weighted by Gasteiger charge is -2.04. The van der Waals surface area contributed by atoms with Gasteiger partial charge < -0.3 is 20.3 Å². The second-order valence-electron chi connectivity index (χ2n) is 5.70. The molecule has 0 bridgehead atoms. The number of carbonyl (C=O) groups excluding carboxylic acids is 2. The number of benzene rings is 2. The maximum Gasteiger partial charge on any atom is 0.248 e. The molecule has 1 aromatic heterocycles. The first kappa shape index (κ1) is 18.1. The Morgan fingerprint density at radius 3 is 2.59 bits per heavy atom. The predicted molar refractivity (Wildman–Crippen MR) is 98.2 cm³/mol. The zero-order valence-electron chi connectivity index (χ0n) is 14.6. The van der Waals surface area contributed by atoms with E-state index in [1.54, 1.807) is 31.4 Å². The van der Waals surface area contributed by atoms with E-state index in [4.69, 9.17) is 15.0 Å². The Morgan fingerprint density at radius 2 is 1.89 bits per heavy atom. The average Bonchev–Trinajstić information content (AvgIpc) is 3.15. The number of rotatable bonds is 7. The molecule has 0 saturated heterocycles. The van der Waals surface area contributed by atoms with Crippen LogP contribution in [0.1, 0.15) is 22.7 Å². The van der Waals surface area contributed by atoms with Crippen molar-refractivity contribution < 1.29 is 18.8 Å². The number of anilines is 1. The first-order chi connectivity index (χ1) is 13.1. The van der Waals surface area contributed by atoms with Crippen LogP contribution in [-0.4, -0.2) is 29.1 Å². The van der Waals surface area contributed by atoms with Gasteiger partial charge >= 0.3 is 0 Å². The molecular weight excluding hydrogens is 348 g/mol. The number of carbonyl (C=O) groups is 2. The molecular formula is C19H18N4O4. The third-order valence-corrected chi connectivity index (χ3v) is 3.84. The lowest BCUT2D eigenvalue weighted by atomic mass is 10.2. The molecule has 138 valence electrons.